The normalized spacial score (nSPS) is 22.4. The zero-order valence-corrected chi connectivity index (χ0v) is 15.2. The molecule has 28 heavy (non-hydrogen) atoms. The Balaban J connectivity index is 1.67. The zero-order valence-electron chi connectivity index (χ0n) is 14.4. The fourth-order valence-electron chi connectivity index (χ4n) is 2.77. The highest BCUT2D eigenvalue weighted by Gasteiger charge is 2.33. The van der Waals surface area contributed by atoms with Gasteiger partial charge in [0, 0.05) is 18.2 Å². The van der Waals surface area contributed by atoms with Crippen LogP contribution in [-0.4, -0.2) is 59.0 Å². The fraction of sp³-hybridized carbons (Fsp3) is 0.375. The first kappa shape index (κ1) is 20.3. The highest BCUT2D eigenvalue weighted by atomic mass is 32.3. The monoisotopic (exact) mass is 421 g/mol. The van der Waals surface area contributed by atoms with E-state index in [1.807, 2.05) is 5.32 Å². The number of carbonyl (C=O) groups is 2. The molecular formula is C16H18F3N3O5S. The molecule has 0 radical (unpaired) electrons. The lowest BCUT2D eigenvalue weighted by Crippen LogP contribution is -2.37. The minimum atomic E-state index is -3.16. The highest BCUT2D eigenvalue weighted by molar-refractivity contribution is 8.26. The van der Waals surface area contributed by atoms with Gasteiger partial charge in [-0.1, -0.05) is 0 Å². The minimum Gasteiger partial charge on any atom is -0.442 e. The Morgan fingerprint density at radius 3 is 2.75 bits per heavy atom. The van der Waals surface area contributed by atoms with Crippen LogP contribution < -0.4 is 15.1 Å². The third-order valence-corrected chi connectivity index (χ3v) is 5.56. The van der Waals surface area contributed by atoms with Crippen molar-refractivity contribution >= 4 is 34.0 Å². The fourth-order valence-corrected chi connectivity index (χ4v) is 3.72. The van der Waals surface area contributed by atoms with Gasteiger partial charge >= 0.3 is 12.5 Å². The molecule has 12 heteroatoms. The zero-order chi connectivity index (χ0) is 20.5. The summed E-state index contributed by atoms with van der Waals surface area (Å²) in [5.74, 6) is -2.02. The second-order valence-corrected chi connectivity index (χ2v) is 8.31. The molecule has 2 heterocycles. The van der Waals surface area contributed by atoms with Gasteiger partial charge in [0.15, 0.2) is 0 Å². The lowest BCUT2D eigenvalue weighted by atomic mass is 10.2. The summed E-state index contributed by atoms with van der Waals surface area (Å²) in [6, 6.07) is 4.04. The van der Waals surface area contributed by atoms with Crippen LogP contribution in [0.3, 0.4) is 0 Å². The van der Waals surface area contributed by atoms with Crippen molar-refractivity contribution in [2.24, 2.45) is 0 Å². The number of nitrogens with zero attached hydrogens (tertiary/aromatic N) is 2. The van der Waals surface area contributed by atoms with E-state index >= 15 is 0 Å². The van der Waals surface area contributed by atoms with E-state index in [0.29, 0.717) is 0 Å². The smallest absolute Gasteiger partial charge is 0.414 e. The standard InChI is InChI=1S/C16H18F3N3O5S/c17-12-7-10(1-2-13(12)21-3-5-28(25,26)6-4-21)22-9-11(27-16(22)24)8-20-15(23)14(18)19/h1-3,5,7,11,14,25-26H,4,6,8-9H2,(H,20,23)/t11-/m0/s1. The first-order valence-electron chi connectivity index (χ1n) is 8.20. The van der Waals surface area contributed by atoms with Crippen LogP contribution in [0.4, 0.5) is 29.3 Å². The Labute approximate surface area is 159 Å². The lowest BCUT2D eigenvalue weighted by molar-refractivity contribution is -0.132. The van der Waals surface area contributed by atoms with Gasteiger partial charge in [-0.3, -0.25) is 18.8 Å². The summed E-state index contributed by atoms with van der Waals surface area (Å²) in [6.45, 7) is -0.102. The van der Waals surface area contributed by atoms with Crippen molar-refractivity contribution < 1.29 is 36.6 Å². The highest BCUT2D eigenvalue weighted by Crippen LogP contribution is 2.43. The molecule has 1 saturated heterocycles. The molecule has 154 valence electrons. The molecule has 2 amide bonds. The number of rotatable bonds is 5. The average Bonchev–Trinajstić information content (AvgIpc) is 3.00. The number of nitrogens with one attached hydrogen (secondary N) is 1. The number of benzene rings is 1. The Bertz CT molecular complexity index is 808. The second-order valence-electron chi connectivity index (χ2n) is 6.20. The molecule has 0 bridgehead atoms. The molecule has 1 aromatic rings. The van der Waals surface area contributed by atoms with Crippen LogP contribution in [0.1, 0.15) is 0 Å². The molecule has 3 N–H and O–H groups in total. The van der Waals surface area contributed by atoms with Crippen LogP contribution in [-0.2, 0) is 9.53 Å². The molecule has 1 atom stereocenters. The Morgan fingerprint density at radius 2 is 2.14 bits per heavy atom. The number of alkyl halides is 2. The van der Waals surface area contributed by atoms with Gasteiger partial charge in [-0.2, -0.15) is 19.4 Å². The quantitative estimate of drug-likeness (QED) is 0.676. The molecule has 0 saturated carbocycles. The van der Waals surface area contributed by atoms with Crippen molar-refractivity contribution in [3.8, 4) is 0 Å². The summed E-state index contributed by atoms with van der Waals surface area (Å²) in [5, 5.41) is 3.19. The first-order chi connectivity index (χ1) is 13.2. The maximum absolute atomic E-state index is 14.5. The molecule has 0 aliphatic carbocycles. The van der Waals surface area contributed by atoms with E-state index in [4.69, 9.17) is 4.74 Å². The topological polar surface area (TPSA) is 102 Å². The second kappa shape index (κ2) is 7.89. The Hall–Kier alpha value is -2.44. The Kier molecular flexibility index (Phi) is 5.72. The van der Waals surface area contributed by atoms with Gasteiger partial charge in [-0.15, -0.1) is 0 Å². The van der Waals surface area contributed by atoms with Crippen LogP contribution in [0.5, 0.6) is 0 Å². The van der Waals surface area contributed by atoms with Crippen molar-refractivity contribution in [1.29, 1.82) is 0 Å². The van der Waals surface area contributed by atoms with Gasteiger partial charge in [0.2, 0.25) is 0 Å². The molecule has 1 fully saturated rings. The summed E-state index contributed by atoms with van der Waals surface area (Å²) in [6.07, 6.45) is -3.39. The molecule has 0 unspecified atom stereocenters. The van der Waals surface area contributed by atoms with E-state index < -0.39 is 40.9 Å². The summed E-state index contributed by atoms with van der Waals surface area (Å²) >= 11 is 0. The van der Waals surface area contributed by atoms with E-state index in [9.17, 15) is 31.9 Å². The van der Waals surface area contributed by atoms with Gasteiger partial charge < -0.3 is 15.0 Å². The number of amides is 2. The number of cyclic esters (lactones) is 1. The minimum absolute atomic E-state index is 0.0361. The van der Waals surface area contributed by atoms with Crippen LogP contribution in [0.15, 0.2) is 29.8 Å². The molecule has 3 rings (SSSR count). The SMILES string of the molecule is O=C(NC[C@H]1CN(c2ccc(N3C=CS(O)(O)CC3)c(F)c2)C(=O)O1)C(F)F. The summed E-state index contributed by atoms with van der Waals surface area (Å²) in [7, 11) is -2.78. The van der Waals surface area contributed by atoms with Gasteiger partial charge in [-0.25, -0.2) is 9.18 Å². The van der Waals surface area contributed by atoms with Crippen LogP contribution >= 0.6 is 10.6 Å². The molecule has 2 aliphatic rings. The van der Waals surface area contributed by atoms with Crippen molar-refractivity contribution in [1.82, 2.24) is 5.32 Å². The molecule has 1 aromatic carbocycles. The third kappa shape index (κ3) is 4.51. The largest absolute Gasteiger partial charge is 0.442 e. The number of ether oxygens (including phenoxy) is 1. The number of hydrogen-bond acceptors (Lipinski definition) is 6. The Morgan fingerprint density at radius 1 is 1.39 bits per heavy atom. The molecule has 0 aromatic heterocycles. The molecule has 0 spiro atoms. The van der Waals surface area contributed by atoms with Crippen LogP contribution in [0, 0.1) is 5.82 Å². The maximum Gasteiger partial charge on any atom is 0.414 e. The molecule has 2 aliphatic heterocycles. The predicted molar refractivity (Wildman–Crippen MR) is 97.2 cm³/mol. The number of hydrogen-bond donors (Lipinski definition) is 3. The molecule has 8 nitrogen and oxygen atoms in total. The summed E-state index contributed by atoms with van der Waals surface area (Å²) in [5.41, 5.74) is 0.405. The van der Waals surface area contributed by atoms with Crippen molar-refractivity contribution in [3.63, 3.8) is 0 Å². The van der Waals surface area contributed by atoms with E-state index in [0.717, 1.165) is 11.0 Å². The van der Waals surface area contributed by atoms with E-state index in [-0.39, 0.29) is 36.8 Å². The number of carbonyl (C=O) groups excluding carboxylic acids is 2. The average molecular weight is 421 g/mol. The first-order valence-corrected chi connectivity index (χ1v) is 9.98. The predicted octanol–water partition coefficient (Wildman–Crippen LogP) is 2.57. The van der Waals surface area contributed by atoms with Crippen molar-refractivity contribution in [2.45, 2.75) is 12.5 Å². The maximum atomic E-state index is 14.5. The van der Waals surface area contributed by atoms with Gasteiger partial charge in [0.1, 0.15) is 11.9 Å². The van der Waals surface area contributed by atoms with Gasteiger partial charge in [-0.05, 0) is 18.2 Å². The van der Waals surface area contributed by atoms with E-state index in [2.05, 4.69) is 0 Å². The van der Waals surface area contributed by atoms with Crippen molar-refractivity contribution in [3.05, 3.63) is 35.6 Å². The van der Waals surface area contributed by atoms with Crippen LogP contribution in [0.2, 0.25) is 0 Å². The van der Waals surface area contributed by atoms with E-state index in [1.165, 1.54) is 28.6 Å². The lowest BCUT2D eigenvalue weighted by Gasteiger charge is -2.36. The third-order valence-electron chi connectivity index (χ3n) is 4.22. The summed E-state index contributed by atoms with van der Waals surface area (Å²) in [4.78, 5) is 25.5. The number of halogens is 3. The summed E-state index contributed by atoms with van der Waals surface area (Å²) < 4.78 is 63.0. The molecular weight excluding hydrogens is 403 g/mol. The van der Waals surface area contributed by atoms with Gasteiger partial charge in [0.05, 0.1) is 30.2 Å². The van der Waals surface area contributed by atoms with Gasteiger partial charge in [0.25, 0.3) is 5.91 Å². The van der Waals surface area contributed by atoms with Crippen LogP contribution in [0.25, 0.3) is 0 Å². The van der Waals surface area contributed by atoms with Crippen molar-refractivity contribution in [2.75, 3.05) is 35.2 Å². The number of anilines is 2. The van der Waals surface area contributed by atoms with E-state index in [1.54, 1.807) is 0 Å².